The van der Waals surface area contributed by atoms with Gasteiger partial charge in [-0.15, -0.1) is 0 Å². The number of hydrogen-bond donors (Lipinski definition) is 2. The second kappa shape index (κ2) is 6.37. The fourth-order valence-electron chi connectivity index (χ4n) is 3.16. The number of aliphatic carboxylic acids is 1. The van der Waals surface area contributed by atoms with E-state index in [0.29, 0.717) is 13.0 Å². The molecule has 0 bridgehead atoms. The van der Waals surface area contributed by atoms with Gasteiger partial charge in [0, 0.05) is 6.04 Å². The van der Waals surface area contributed by atoms with Crippen molar-refractivity contribution in [2.75, 3.05) is 13.1 Å². The SMILES string of the molecule is CC1CCC(NC(=O)CN2CCC[C@@H]2C(=O)O)CC1. The highest BCUT2D eigenvalue weighted by atomic mass is 16.4. The Kier molecular flexibility index (Phi) is 4.80. The number of carboxylic acids is 1. The number of likely N-dealkylation sites (tertiary alicyclic amines) is 1. The van der Waals surface area contributed by atoms with E-state index in [-0.39, 0.29) is 18.5 Å². The monoisotopic (exact) mass is 268 g/mol. The first-order valence-corrected chi connectivity index (χ1v) is 7.32. The lowest BCUT2D eigenvalue weighted by Crippen LogP contribution is -2.46. The molecule has 1 heterocycles. The predicted octanol–water partition coefficient (Wildman–Crippen LogP) is 1.23. The van der Waals surface area contributed by atoms with Crippen LogP contribution in [-0.2, 0) is 9.59 Å². The molecule has 0 unspecified atom stereocenters. The highest BCUT2D eigenvalue weighted by molar-refractivity contribution is 5.80. The van der Waals surface area contributed by atoms with Gasteiger partial charge in [0.05, 0.1) is 6.54 Å². The van der Waals surface area contributed by atoms with Gasteiger partial charge in [-0.2, -0.15) is 0 Å². The van der Waals surface area contributed by atoms with Crippen LogP contribution in [-0.4, -0.2) is 47.1 Å². The van der Waals surface area contributed by atoms with E-state index < -0.39 is 12.0 Å². The summed E-state index contributed by atoms with van der Waals surface area (Å²) >= 11 is 0. The normalized spacial score (nSPS) is 32.2. The zero-order chi connectivity index (χ0) is 13.8. The third kappa shape index (κ3) is 3.93. The standard InChI is InChI=1S/C14H24N2O3/c1-10-4-6-11(7-5-10)15-13(17)9-16-8-2-3-12(16)14(18)19/h10-12H,2-9H2,1H3,(H,15,17)(H,18,19)/t10?,11?,12-/m1/s1. The first-order valence-electron chi connectivity index (χ1n) is 7.32. The zero-order valence-corrected chi connectivity index (χ0v) is 11.6. The summed E-state index contributed by atoms with van der Waals surface area (Å²) in [4.78, 5) is 24.8. The molecule has 0 aromatic carbocycles. The van der Waals surface area contributed by atoms with Crippen LogP contribution in [0.2, 0.25) is 0 Å². The zero-order valence-electron chi connectivity index (χ0n) is 11.6. The molecule has 1 aliphatic heterocycles. The van der Waals surface area contributed by atoms with Gasteiger partial charge in [-0.3, -0.25) is 14.5 Å². The fourth-order valence-corrected chi connectivity index (χ4v) is 3.16. The minimum atomic E-state index is -0.809. The van der Waals surface area contributed by atoms with Crippen LogP contribution >= 0.6 is 0 Å². The van der Waals surface area contributed by atoms with Crippen LogP contribution < -0.4 is 5.32 Å². The van der Waals surface area contributed by atoms with Crippen LogP contribution in [0, 0.1) is 5.92 Å². The average molecular weight is 268 g/mol. The van der Waals surface area contributed by atoms with Crippen molar-refractivity contribution in [3.8, 4) is 0 Å². The third-order valence-corrected chi connectivity index (χ3v) is 4.38. The van der Waals surface area contributed by atoms with E-state index in [1.165, 1.54) is 12.8 Å². The molecule has 2 N–H and O–H groups in total. The van der Waals surface area contributed by atoms with E-state index >= 15 is 0 Å². The predicted molar refractivity (Wildman–Crippen MR) is 71.8 cm³/mol. The minimum absolute atomic E-state index is 0.0206. The van der Waals surface area contributed by atoms with Crippen LogP contribution in [0.3, 0.4) is 0 Å². The molecule has 0 aromatic heterocycles. The number of carbonyl (C=O) groups excluding carboxylic acids is 1. The lowest BCUT2D eigenvalue weighted by Gasteiger charge is -2.28. The van der Waals surface area contributed by atoms with Gasteiger partial charge in [0.2, 0.25) is 5.91 Å². The molecule has 1 atom stereocenters. The summed E-state index contributed by atoms with van der Waals surface area (Å²) in [5.41, 5.74) is 0. The maximum Gasteiger partial charge on any atom is 0.320 e. The van der Waals surface area contributed by atoms with Crippen LogP contribution in [0.1, 0.15) is 45.4 Å². The van der Waals surface area contributed by atoms with Gasteiger partial charge in [-0.1, -0.05) is 6.92 Å². The number of nitrogens with zero attached hydrogens (tertiary/aromatic N) is 1. The van der Waals surface area contributed by atoms with Gasteiger partial charge >= 0.3 is 5.97 Å². The first kappa shape index (κ1) is 14.3. The Morgan fingerprint density at radius 1 is 1.21 bits per heavy atom. The maximum atomic E-state index is 12.0. The summed E-state index contributed by atoms with van der Waals surface area (Å²) in [7, 11) is 0. The van der Waals surface area contributed by atoms with Crippen molar-refractivity contribution in [2.24, 2.45) is 5.92 Å². The Morgan fingerprint density at radius 3 is 2.53 bits per heavy atom. The lowest BCUT2D eigenvalue weighted by atomic mass is 9.87. The van der Waals surface area contributed by atoms with Crippen molar-refractivity contribution in [3.05, 3.63) is 0 Å². The van der Waals surface area contributed by atoms with Gasteiger partial charge in [-0.25, -0.2) is 0 Å². The van der Waals surface area contributed by atoms with E-state index in [1.807, 2.05) is 0 Å². The molecule has 5 heteroatoms. The fraction of sp³-hybridized carbons (Fsp3) is 0.857. The van der Waals surface area contributed by atoms with E-state index in [9.17, 15) is 9.59 Å². The number of amides is 1. The Hall–Kier alpha value is -1.10. The molecule has 1 saturated heterocycles. The van der Waals surface area contributed by atoms with E-state index in [0.717, 1.165) is 25.2 Å². The molecule has 0 aromatic rings. The van der Waals surface area contributed by atoms with Crippen molar-refractivity contribution in [1.82, 2.24) is 10.2 Å². The van der Waals surface area contributed by atoms with Crippen LogP contribution in [0.15, 0.2) is 0 Å². The molecule has 2 fully saturated rings. The Bertz CT molecular complexity index is 338. The second-order valence-corrected chi connectivity index (χ2v) is 5.99. The molecule has 1 amide bonds. The quantitative estimate of drug-likeness (QED) is 0.804. The van der Waals surface area contributed by atoms with E-state index in [2.05, 4.69) is 12.2 Å². The van der Waals surface area contributed by atoms with Crippen molar-refractivity contribution >= 4 is 11.9 Å². The molecule has 0 radical (unpaired) electrons. The van der Waals surface area contributed by atoms with Gasteiger partial charge < -0.3 is 10.4 Å². The molecule has 19 heavy (non-hydrogen) atoms. The smallest absolute Gasteiger partial charge is 0.320 e. The summed E-state index contributed by atoms with van der Waals surface area (Å²) in [6.45, 7) is 3.19. The third-order valence-electron chi connectivity index (χ3n) is 4.38. The summed E-state index contributed by atoms with van der Waals surface area (Å²) < 4.78 is 0. The van der Waals surface area contributed by atoms with Gasteiger partial charge in [0.1, 0.15) is 6.04 Å². The first-order chi connectivity index (χ1) is 9.06. The highest BCUT2D eigenvalue weighted by Crippen LogP contribution is 2.23. The highest BCUT2D eigenvalue weighted by Gasteiger charge is 2.32. The molecule has 1 saturated carbocycles. The molecule has 5 nitrogen and oxygen atoms in total. The topological polar surface area (TPSA) is 69.6 Å². The maximum absolute atomic E-state index is 12.0. The molecule has 1 aliphatic carbocycles. The van der Waals surface area contributed by atoms with E-state index in [1.54, 1.807) is 4.90 Å². The summed E-state index contributed by atoms with van der Waals surface area (Å²) in [5, 5.41) is 12.1. The van der Waals surface area contributed by atoms with Crippen LogP contribution in [0.4, 0.5) is 0 Å². The number of nitrogens with one attached hydrogen (secondary N) is 1. The molecule has 108 valence electrons. The number of carbonyl (C=O) groups is 2. The Morgan fingerprint density at radius 2 is 1.89 bits per heavy atom. The summed E-state index contributed by atoms with van der Waals surface area (Å²) in [6.07, 6.45) is 5.97. The molecular weight excluding hydrogens is 244 g/mol. The van der Waals surface area contributed by atoms with Crippen molar-refractivity contribution in [3.63, 3.8) is 0 Å². The minimum Gasteiger partial charge on any atom is -0.480 e. The molecule has 2 aliphatic rings. The molecular formula is C14H24N2O3. The van der Waals surface area contributed by atoms with Crippen LogP contribution in [0.5, 0.6) is 0 Å². The second-order valence-electron chi connectivity index (χ2n) is 5.99. The van der Waals surface area contributed by atoms with Crippen molar-refractivity contribution < 1.29 is 14.7 Å². The van der Waals surface area contributed by atoms with Gasteiger partial charge in [-0.05, 0) is 51.0 Å². The summed E-state index contributed by atoms with van der Waals surface area (Å²) in [5.74, 6) is -0.0624. The largest absolute Gasteiger partial charge is 0.480 e. The molecule has 2 rings (SSSR count). The Labute approximate surface area is 114 Å². The van der Waals surface area contributed by atoms with Gasteiger partial charge in [0.15, 0.2) is 0 Å². The number of carboxylic acid groups (broad SMARTS) is 1. The van der Waals surface area contributed by atoms with E-state index in [4.69, 9.17) is 5.11 Å². The summed E-state index contributed by atoms with van der Waals surface area (Å²) in [6, 6.07) is -0.188. The Balaban J connectivity index is 1.76. The lowest BCUT2D eigenvalue weighted by molar-refractivity contribution is -0.142. The van der Waals surface area contributed by atoms with Crippen molar-refractivity contribution in [1.29, 1.82) is 0 Å². The number of rotatable bonds is 4. The number of hydrogen-bond acceptors (Lipinski definition) is 3. The van der Waals surface area contributed by atoms with Crippen LogP contribution in [0.25, 0.3) is 0 Å². The molecule has 0 spiro atoms. The average Bonchev–Trinajstić information content (AvgIpc) is 2.80. The van der Waals surface area contributed by atoms with Gasteiger partial charge in [0.25, 0.3) is 0 Å². The van der Waals surface area contributed by atoms with Crippen molar-refractivity contribution in [2.45, 2.75) is 57.5 Å².